The molecule has 10 nitrogen and oxygen atoms in total. The molecule has 3 N–H and O–H groups in total. The highest BCUT2D eigenvalue weighted by Crippen LogP contribution is 2.12. The average Bonchev–Trinajstić information content (AvgIpc) is 3.56. The Labute approximate surface area is 220 Å². The van der Waals surface area contributed by atoms with Gasteiger partial charge in [-0.2, -0.15) is 0 Å². The summed E-state index contributed by atoms with van der Waals surface area (Å²) in [6.07, 6.45) is 5.69. The van der Waals surface area contributed by atoms with Crippen LogP contribution >= 0.6 is 22.7 Å². The molecule has 0 unspecified atom stereocenters. The molecule has 3 atom stereocenters. The maximum Gasteiger partial charge on any atom is 0.407 e. The first-order valence-corrected chi connectivity index (χ1v) is 13.6. The van der Waals surface area contributed by atoms with E-state index in [1.807, 2.05) is 13.8 Å². The summed E-state index contributed by atoms with van der Waals surface area (Å²) in [5.41, 5.74) is 3.94. The molecule has 0 aromatic carbocycles. The van der Waals surface area contributed by atoms with Gasteiger partial charge in [0.1, 0.15) is 12.6 Å². The number of ether oxygens (including phenoxy) is 1. The second-order valence-corrected chi connectivity index (χ2v) is 10.5. The molecule has 0 bridgehead atoms. The van der Waals surface area contributed by atoms with E-state index in [1.54, 1.807) is 37.4 Å². The highest BCUT2D eigenvalue weighted by Gasteiger charge is 2.25. The van der Waals surface area contributed by atoms with Crippen molar-refractivity contribution in [2.24, 2.45) is 0 Å². The Morgan fingerprint density at radius 2 is 1.58 bits per heavy atom. The van der Waals surface area contributed by atoms with Crippen LogP contribution in [0.2, 0.25) is 0 Å². The molecule has 0 radical (unpaired) electrons. The Morgan fingerprint density at radius 1 is 1.00 bits per heavy atom. The van der Waals surface area contributed by atoms with E-state index in [-0.39, 0.29) is 30.6 Å². The van der Waals surface area contributed by atoms with Crippen molar-refractivity contribution in [3.63, 3.8) is 0 Å². The van der Waals surface area contributed by atoms with Crippen molar-refractivity contribution >= 4 is 40.7 Å². The first kappa shape index (κ1) is 29.2. The number of carbonyl (C=O) groups is 3. The molecule has 36 heavy (non-hydrogen) atoms. The minimum absolute atomic E-state index is 0.0815. The lowest BCUT2D eigenvalue weighted by molar-refractivity contribution is -0.122. The van der Waals surface area contributed by atoms with E-state index in [9.17, 15) is 14.4 Å². The van der Waals surface area contributed by atoms with Crippen LogP contribution in [0.4, 0.5) is 9.59 Å². The standard InChI is InChI=1S/C24H36N6O4S2/c1-6-17(8-9-18(7-2)28-24(33)34-13-20-11-26-15-36-20)27-22(31)21(16(3)4)29-23(32)30(5)12-19-10-25-14-35-19/h10-11,14-15,17-18,21H,3,6-9,12-13H2,1-2,4-5H3,(H,27,31)(H,28,33)(H,29,32)/t17-,18-,21-/m0/s1. The number of nitrogens with zero attached hydrogens (tertiary/aromatic N) is 3. The van der Waals surface area contributed by atoms with Gasteiger partial charge in [0.2, 0.25) is 5.91 Å². The van der Waals surface area contributed by atoms with E-state index in [0.717, 1.165) is 16.2 Å². The van der Waals surface area contributed by atoms with Gasteiger partial charge in [0, 0.05) is 36.4 Å². The minimum atomic E-state index is -0.850. The van der Waals surface area contributed by atoms with E-state index in [1.165, 1.54) is 27.6 Å². The molecule has 198 valence electrons. The number of amides is 4. The van der Waals surface area contributed by atoms with E-state index in [4.69, 9.17) is 4.74 Å². The van der Waals surface area contributed by atoms with Crippen LogP contribution < -0.4 is 16.0 Å². The van der Waals surface area contributed by atoms with Gasteiger partial charge < -0.3 is 25.6 Å². The molecule has 2 aromatic heterocycles. The van der Waals surface area contributed by atoms with Crippen LogP contribution in [-0.4, -0.2) is 58.1 Å². The normalized spacial score (nSPS) is 13.2. The number of thiazole rings is 2. The number of rotatable bonds is 14. The lowest BCUT2D eigenvalue weighted by Gasteiger charge is -2.26. The molecule has 0 saturated heterocycles. The maximum absolute atomic E-state index is 13.0. The molecule has 2 rings (SSSR count). The summed E-state index contributed by atoms with van der Waals surface area (Å²) >= 11 is 2.89. The first-order valence-electron chi connectivity index (χ1n) is 11.9. The van der Waals surface area contributed by atoms with Crippen LogP contribution in [0.5, 0.6) is 0 Å². The Morgan fingerprint density at radius 3 is 2.11 bits per heavy atom. The minimum Gasteiger partial charge on any atom is -0.444 e. The van der Waals surface area contributed by atoms with Crippen LogP contribution in [0.25, 0.3) is 0 Å². The van der Waals surface area contributed by atoms with Gasteiger partial charge in [-0.25, -0.2) is 9.59 Å². The number of alkyl carbamates (subject to hydrolysis) is 1. The number of hydrogen-bond acceptors (Lipinski definition) is 8. The fraction of sp³-hybridized carbons (Fsp3) is 0.542. The summed E-state index contributed by atoms with van der Waals surface area (Å²) in [6, 6.07) is -1.42. The van der Waals surface area contributed by atoms with Crippen LogP contribution in [0.3, 0.4) is 0 Å². The fourth-order valence-electron chi connectivity index (χ4n) is 3.37. The molecule has 2 heterocycles. The van der Waals surface area contributed by atoms with Gasteiger partial charge in [0.15, 0.2) is 0 Å². The molecular formula is C24H36N6O4S2. The number of nitrogens with one attached hydrogen (secondary N) is 3. The second-order valence-electron chi connectivity index (χ2n) is 8.54. The summed E-state index contributed by atoms with van der Waals surface area (Å²) in [5, 5.41) is 8.68. The third kappa shape index (κ3) is 9.94. The molecule has 12 heteroatoms. The smallest absolute Gasteiger partial charge is 0.407 e. The average molecular weight is 537 g/mol. The largest absolute Gasteiger partial charge is 0.444 e. The molecule has 0 saturated carbocycles. The Balaban J connectivity index is 1.83. The molecule has 0 aliphatic heterocycles. The number of aromatic nitrogens is 2. The first-order chi connectivity index (χ1) is 17.2. The SMILES string of the molecule is C=C(C)[C@H](NC(=O)N(C)Cc1cncs1)C(=O)N[C@@H](CC)CC[C@H](CC)NC(=O)OCc1cncs1. The van der Waals surface area contributed by atoms with Crippen molar-refractivity contribution in [2.45, 2.75) is 77.7 Å². The van der Waals surface area contributed by atoms with E-state index < -0.39 is 12.1 Å². The molecule has 4 amide bonds. The lowest BCUT2D eigenvalue weighted by Crippen LogP contribution is -2.52. The van der Waals surface area contributed by atoms with Gasteiger partial charge in [0.25, 0.3) is 0 Å². The number of urea groups is 1. The van der Waals surface area contributed by atoms with Crippen molar-refractivity contribution in [2.75, 3.05) is 7.05 Å². The Bertz CT molecular complexity index is 967. The Hall–Kier alpha value is -2.99. The van der Waals surface area contributed by atoms with Crippen LogP contribution in [-0.2, 0) is 22.7 Å². The van der Waals surface area contributed by atoms with Crippen molar-refractivity contribution in [3.05, 3.63) is 45.3 Å². The molecule has 2 aromatic rings. The van der Waals surface area contributed by atoms with E-state index >= 15 is 0 Å². The van der Waals surface area contributed by atoms with E-state index in [2.05, 4.69) is 32.5 Å². The van der Waals surface area contributed by atoms with Crippen LogP contribution in [0.1, 0.15) is 56.2 Å². The lowest BCUT2D eigenvalue weighted by atomic mass is 10.0. The van der Waals surface area contributed by atoms with Gasteiger partial charge >= 0.3 is 12.1 Å². The summed E-state index contributed by atoms with van der Waals surface area (Å²) in [6.45, 7) is 10.2. The maximum atomic E-state index is 13.0. The van der Waals surface area contributed by atoms with Crippen molar-refractivity contribution in [3.8, 4) is 0 Å². The predicted molar refractivity (Wildman–Crippen MR) is 142 cm³/mol. The van der Waals surface area contributed by atoms with Crippen LogP contribution in [0, 0.1) is 0 Å². The van der Waals surface area contributed by atoms with Gasteiger partial charge in [-0.15, -0.1) is 22.7 Å². The number of carbonyl (C=O) groups excluding carboxylic acids is 3. The molecule has 0 aliphatic rings. The third-order valence-corrected chi connectivity index (χ3v) is 7.11. The molecule has 0 spiro atoms. The van der Waals surface area contributed by atoms with Crippen molar-refractivity contribution in [1.29, 1.82) is 0 Å². The Kier molecular flexibility index (Phi) is 12.3. The zero-order chi connectivity index (χ0) is 26.5. The zero-order valence-corrected chi connectivity index (χ0v) is 22.9. The summed E-state index contributed by atoms with van der Waals surface area (Å²) in [7, 11) is 1.66. The van der Waals surface area contributed by atoms with Crippen molar-refractivity contribution in [1.82, 2.24) is 30.8 Å². The summed E-state index contributed by atoms with van der Waals surface area (Å²) in [4.78, 5) is 49.1. The van der Waals surface area contributed by atoms with Gasteiger partial charge in [-0.1, -0.05) is 20.4 Å². The highest BCUT2D eigenvalue weighted by molar-refractivity contribution is 7.09. The van der Waals surface area contributed by atoms with Crippen LogP contribution in [0.15, 0.2) is 35.6 Å². The topological polar surface area (TPSA) is 126 Å². The fourth-order valence-corrected chi connectivity index (χ4v) is 4.53. The van der Waals surface area contributed by atoms with Crippen molar-refractivity contribution < 1.29 is 19.1 Å². The van der Waals surface area contributed by atoms with Gasteiger partial charge in [-0.3, -0.25) is 14.8 Å². The quantitative estimate of drug-likeness (QED) is 0.313. The van der Waals surface area contributed by atoms with Gasteiger partial charge in [-0.05, 0) is 38.2 Å². The highest BCUT2D eigenvalue weighted by atomic mass is 32.1. The van der Waals surface area contributed by atoms with Gasteiger partial charge in [0.05, 0.1) is 22.4 Å². The molecular weight excluding hydrogens is 500 g/mol. The zero-order valence-electron chi connectivity index (χ0n) is 21.3. The third-order valence-electron chi connectivity index (χ3n) is 5.59. The molecule has 0 aliphatic carbocycles. The summed E-state index contributed by atoms with van der Waals surface area (Å²) < 4.78 is 5.26. The number of hydrogen-bond donors (Lipinski definition) is 3. The van der Waals surface area contributed by atoms with E-state index in [0.29, 0.717) is 31.4 Å². The monoisotopic (exact) mass is 536 g/mol. The second kappa shape index (κ2) is 15.2. The molecule has 0 fully saturated rings. The summed E-state index contributed by atoms with van der Waals surface area (Å²) in [5.74, 6) is -0.307. The predicted octanol–water partition coefficient (Wildman–Crippen LogP) is 4.07.